The average Bonchev–Trinajstić information content (AvgIpc) is 2.42. The Morgan fingerprint density at radius 3 is 2.42 bits per heavy atom. The SMILES string of the molecule is CCN(c1ccc(F)cc1)c1cccc(Cl)c1CO. The Bertz CT molecular complexity index is 557. The molecule has 0 saturated heterocycles. The highest BCUT2D eigenvalue weighted by Crippen LogP contribution is 2.32. The van der Waals surface area contributed by atoms with Crippen LogP contribution < -0.4 is 4.90 Å². The first-order valence-electron chi connectivity index (χ1n) is 6.08. The molecule has 2 nitrogen and oxygen atoms in total. The van der Waals surface area contributed by atoms with E-state index in [0.29, 0.717) is 17.1 Å². The van der Waals surface area contributed by atoms with Gasteiger partial charge in [0.25, 0.3) is 0 Å². The van der Waals surface area contributed by atoms with Crippen molar-refractivity contribution >= 4 is 23.0 Å². The molecule has 0 saturated carbocycles. The van der Waals surface area contributed by atoms with E-state index in [1.807, 2.05) is 24.0 Å². The molecule has 0 aliphatic carbocycles. The maximum absolute atomic E-state index is 13.0. The lowest BCUT2D eigenvalue weighted by molar-refractivity contribution is 0.282. The number of aliphatic hydroxyl groups is 1. The number of aliphatic hydroxyl groups excluding tert-OH is 1. The molecular weight excluding hydrogens is 265 g/mol. The van der Waals surface area contributed by atoms with Gasteiger partial charge in [0, 0.05) is 28.5 Å². The zero-order valence-electron chi connectivity index (χ0n) is 10.6. The number of benzene rings is 2. The van der Waals surface area contributed by atoms with Crippen LogP contribution in [0.1, 0.15) is 12.5 Å². The van der Waals surface area contributed by atoms with Crippen molar-refractivity contribution < 1.29 is 9.50 Å². The van der Waals surface area contributed by atoms with Gasteiger partial charge in [-0.05, 0) is 43.3 Å². The van der Waals surface area contributed by atoms with Crippen LogP contribution >= 0.6 is 11.6 Å². The van der Waals surface area contributed by atoms with Gasteiger partial charge in [-0.25, -0.2) is 4.39 Å². The summed E-state index contributed by atoms with van der Waals surface area (Å²) in [5.41, 5.74) is 2.38. The van der Waals surface area contributed by atoms with Gasteiger partial charge < -0.3 is 10.0 Å². The van der Waals surface area contributed by atoms with Crippen molar-refractivity contribution in [3.8, 4) is 0 Å². The summed E-state index contributed by atoms with van der Waals surface area (Å²) in [6.45, 7) is 2.55. The quantitative estimate of drug-likeness (QED) is 0.910. The molecule has 100 valence electrons. The molecule has 2 aromatic carbocycles. The minimum Gasteiger partial charge on any atom is -0.392 e. The van der Waals surface area contributed by atoms with Gasteiger partial charge in [0.15, 0.2) is 0 Å². The van der Waals surface area contributed by atoms with Crippen molar-refractivity contribution in [2.75, 3.05) is 11.4 Å². The summed E-state index contributed by atoms with van der Waals surface area (Å²) in [5, 5.41) is 9.99. The van der Waals surface area contributed by atoms with Crippen molar-refractivity contribution in [1.82, 2.24) is 0 Å². The number of nitrogens with zero attached hydrogens (tertiary/aromatic N) is 1. The fourth-order valence-corrected chi connectivity index (χ4v) is 2.30. The van der Waals surface area contributed by atoms with E-state index in [9.17, 15) is 9.50 Å². The average molecular weight is 280 g/mol. The van der Waals surface area contributed by atoms with E-state index in [1.54, 1.807) is 18.2 Å². The van der Waals surface area contributed by atoms with Crippen LogP contribution in [-0.4, -0.2) is 11.7 Å². The topological polar surface area (TPSA) is 23.5 Å². The lowest BCUT2D eigenvalue weighted by Crippen LogP contribution is -2.17. The van der Waals surface area contributed by atoms with Crippen LogP contribution in [0.3, 0.4) is 0 Å². The van der Waals surface area contributed by atoms with E-state index in [-0.39, 0.29) is 12.4 Å². The molecule has 19 heavy (non-hydrogen) atoms. The third-order valence-corrected chi connectivity index (χ3v) is 3.35. The number of hydrogen-bond donors (Lipinski definition) is 1. The largest absolute Gasteiger partial charge is 0.392 e. The van der Waals surface area contributed by atoms with Gasteiger partial charge >= 0.3 is 0 Å². The normalized spacial score (nSPS) is 10.5. The van der Waals surface area contributed by atoms with Crippen molar-refractivity contribution in [2.45, 2.75) is 13.5 Å². The molecule has 1 N–H and O–H groups in total. The summed E-state index contributed by atoms with van der Waals surface area (Å²) in [7, 11) is 0. The molecule has 0 aromatic heterocycles. The van der Waals surface area contributed by atoms with Crippen molar-refractivity contribution in [3.05, 3.63) is 58.9 Å². The standard InChI is InChI=1S/C15H15ClFNO/c1-2-18(12-8-6-11(17)7-9-12)15-5-3-4-14(16)13(15)10-19/h3-9,19H,2,10H2,1H3. The van der Waals surface area contributed by atoms with Crippen LogP contribution in [0, 0.1) is 5.82 Å². The maximum Gasteiger partial charge on any atom is 0.123 e. The molecule has 0 atom stereocenters. The van der Waals surface area contributed by atoms with E-state index in [2.05, 4.69) is 0 Å². The first-order chi connectivity index (χ1) is 9.17. The molecule has 0 radical (unpaired) electrons. The zero-order valence-corrected chi connectivity index (χ0v) is 11.4. The molecule has 0 aliphatic heterocycles. The lowest BCUT2D eigenvalue weighted by atomic mass is 10.1. The Morgan fingerprint density at radius 1 is 1.16 bits per heavy atom. The molecule has 2 aromatic rings. The molecule has 0 heterocycles. The van der Waals surface area contributed by atoms with Crippen LogP contribution in [0.4, 0.5) is 15.8 Å². The molecule has 0 aliphatic rings. The van der Waals surface area contributed by atoms with E-state index in [0.717, 1.165) is 11.4 Å². The second-order valence-corrected chi connectivity index (χ2v) is 4.52. The Kier molecular flexibility index (Phi) is 4.40. The predicted octanol–water partition coefficient (Wildman–Crippen LogP) is 4.13. The summed E-state index contributed by atoms with van der Waals surface area (Å²) < 4.78 is 13.0. The van der Waals surface area contributed by atoms with Crippen LogP contribution in [-0.2, 0) is 6.61 Å². The highest BCUT2D eigenvalue weighted by Gasteiger charge is 2.13. The Labute approximate surface area is 117 Å². The number of hydrogen-bond acceptors (Lipinski definition) is 2. The highest BCUT2D eigenvalue weighted by molar-refractivity contribution is 6.31. The van der Waals surface area contributed by atoms with E-state index in [1.165, 1.54) is 12.1 Å². The second kappa shape index (κ2) is 6.04. The first-order valence-corrected chi connectivity index (χ1v) is 6.46. The van der Waals surface area contributed by atoms with Gasteiger partial charge in [-0.1, -0.05) is 17.7 Å². The molecular formula is C15H15ClFNO. The summed E-state index contributed by atoms with van der Waals surface area (Å²) in [4.78, 5) is 1.98. The monoisotopic (exact) mass is 279 g/mol. The summed E-state index contributed by atoms with van der Waals surface area (Å²) >= 11 is 6.10. The Balaban J connectivity index is 2.48. The second-order valence-electron chi connectivity index (χ2n) is 4.12. The van der Waals surface area contributed by atoms with Crippen LogP contribution in [0.25, 0.3) is 0 Å². The fraction of sp³-hybridized carbons (Fsp3) is 0.200. The minimum atomic E-state index is -0.270. The zero-order chi connectivity index (χ0) is 13.8. The molecule has 0 unspecified atom stereocenters. The smallest absolute Gasteiger partial charge is 0.123 e. The predicted molar refractivity (Wildman–Crippen MR) is 76.5 cm³/mol. The molecule has 0 fully saturated rings. The number of halogens is 2. The van der Waals surface area contributed by atoms with Gasteiger partial charge in [0.05, 0.1) is 6.61 Å². The Morgan fingerprint density at radius 2 is 1.84 bits per heavy atom. The van der Waals surface area contributed by atoms with Crippen LogP contribution in [0.2, 0.25) is 5.02 Å². The van der Waals surface area contributed by atoms with Crippen LogP contribution in [0.5, 0.6) is 0 Å². The van der Waals surface area contributed by atoms with E-state index >= 15 is 0 Å². The van der Waals surface area contributed by atoms with Gasteiger partial charge in [-0.3, -0.25) is 0 Å². The highest BCUT2D eigenvalue weighted by atomic mass is 35.5. The van der Waals surface area contributed by atoms with E-state index in [4.69, 9.17) is 11.6 Å². The van der Waals surface area contributed by atoms with Crippen molar-refractivity contribution in [3.63, 3.8) is 0 Å². The summed E-state index contributed by atoms with van der Waals surface area (Å²) in [6, 6.07) is 11.7. The molecule has 4 heteroatoms. The lowest BCUT2D eigenvalue weighted by Gasteiger charge is -2.26. The van der Waals surface area contributed by atoms with Gasteiger partial charge in [0.1, 0.15) is 5.82 Å². The van der Waals surface area contributed by atoms with Gasteiger partial charge in [-0.15, -0.1) is 0 Å². The third-order valence-electron chi connectivity index (χ3n) is 3.00. The van der Waals surface area contributed by atoms with E-state index < -0.39 is 0 Å². The maximum atomic E-state index is 13.0. The fourth-order valence-electron chi connectivity index (χ4n) is 2.07. The van der Waals surface area contributed by atoms with Crippen LogP contribution in [0.15, 0.2) is 42.5 Å². The number of rotatable bonds is 4. The summed E-state index contributed by atoms with van der Waals surface area (Å²) in [5.74, 6) is -0.270. The molecule has 2 rings (SSSR count). The first kappa shape index (κ1) is 13.8. The third kappa shape index (κ3) is 2.88. The van der Waals surface area contributed by atoms with Gasteiger partial charge in [0.2, 0.25) is 0 Å². The molecule has 0 spiro atoms. The molecule has 0 amide bonds. The Hall–Kier alpha value is -1.58. The minimum absolute atomic E-state index is 0.132. The number of anilines is 2. The molecule has 0 bridgehead atoms. The van der Waals surface area contributed by atoms with Gasteiger partial charge in [-0.2, -0.15) is 0 Å². The van der Waals surface area contributed by atoms with Crippen molar-refractivity contribution in [1.29, 1.82) is 0 Å². The van der Waals surface area contributed by atoms with Crippen molar-refractivity contribution in [2.24, 2.45) is 0 Å². The summed E-state index contributed by atoms with van der Waals surface area (Å²) in [6.07, 6.45) is 0.